The molecule has 0 fully saturated rings. The summed E-state index contributed by atoms with van der Waals surface area (Å²) in [7, 11) is -4.67. The van der Waals surface area contributed by atoms with Gasteiger partial charge in [0.15, 0.2) is 0 Å². The van der Waals surface area contributed by atoms with Gasteiger partial charge in [-0.15, -0.1) is 0 Å². The number of hydrazone groups is 1. The van der Waals surface area contributed by atoms with Gasteiger partial charge >= 0.3 is 10.4 Å². The lowest BCUT2D eigenvalue weighted by Gasteiger charge is -2.15. The zero-order valence-corrected chi connectivity index (χ0v) is 12.1. The maximum absolute atomic E-state index is 8.74. The first-order chi connectivity index (χ1) is 9.27. The van der Waals surface area contributed by atoms with E-state index in [1.165, 1.54) is 11.1 Å². The lowest BCUT2D eigenvalue weighted by Crippen LogP contribution is -2.25. The number of nitrogens with one attached hydrogen (secondary N) is 1. The average Bonchev–Trinajstić information content (AvgIpc) is 2.34. The van der Waals surface area contributed by atoms with Crippen LogP contribution in [0, 0.1) is 0 Å². The van der Waals surface area contributed by atoms with Gasteiger partial charge in [-0.1, -0.05) is 24.3 Å². The van der Waals surface area contributed by atoms with Gasteiger partial charge in [-0.25, -0.2) is 0 Å². The van der Waals surface area contributed by atoms with Crippen LogP contribution in [0.4, 0.5) is 0 Å². The van der Waals surface area contributed by atoms with E-state index in [2.05, 4.69) is 33.7 Å². The molecule has 0 unspecified atom stereocenters. The van der Waals surface area contributed by atoms with E-state index in [9.17, 15) is 0 Å². The van der Waals surface area contributed by atoms with Crippen molar-refractivity contribution in [2.45, 2.75) is 20.3 Å². The molecule has 0 aromatic heterocycles. The molecule has 0 aliphatic carbocycles. The number of amidine groups is 1. The van der Waals surface area contributed by atoms with Gasteiger partial charge in [-0.3, -0.25) is 19.5 Å². The summed E-state index contributed by atoms with van der Waals surface area (Å²) in [5.74, 6) is 0.887. The molecule has 2 rings (SSSR count). The molecule has 20 heavy (non-hydrogen) atoms. The van der Waals surface area contributed by atoms with Crippen LogP contribution in [0.1, 0.15) is 25.0 Å². The van der Waals surface area contributed by atoms with E-state index in [-0.39, 0.29) is 0 Å². The number of fused-ring (bicyclic) bond motifs is 1. The summed E-state index contributed by atoms with van der Waals surface area (Å²) >= 11 is 0. The highest BCUT2D eigenvalue weighted by Crippen LogP contribution is 2.14. The molecule has 1 aromatic rings. The standard InChI is InChI=1S/C12H15N3.H2O4S/c1-9(2)14-15-12-11-6-4-3-5-10(11)7-8-13-12;1-5(2,3)4/h3-6H,7-8H2,1-2H3,(H,13,15);(H2,1,2,3,4). The number of hydrogen-bond donors (Lipinski definition) is 3. The highest BCUT2D eigenvalue weighted by Gasteiger charge is 2.12. The molecule has 0 atom stereocenters. The third-order valence-corrected chi connectivity index (χ3v) is 2.31. The molecule has 1 aliphatic rings. The predicted octanol–water partition coefficient (Wildman–Crippen LogP) is 1.32. The number of benzene rings is 1. The maximum Gasteiger partial charge on any atom is 0.394 e. The van der Waals surface area contributed by atoms with Crippen molar-refractivity contribution in [2.75, 3.05) is 6.54 Å². The molecule has 7 nitrogen and oxygen atoms in total. The largest absolute Gasteiger partial charge is 0.394 e. The monoisotopic (exact) mass is 299 g/mol. The first kappa shape index (κ1) is 16.3. The normalized spacial score (nSPS) is 13.3. The van der Waals surface area contributed by atoms with E-state index in [0.717, 1.165) is 24.5 Å². The van der Waals surface area contributed by atoms with E-state index < -0.39 is 10.4 Å². The lowest BCUT2D eigenvalue weighted by atomic mass is 10.0. The van der Waals surface area contributed by atoms with E-state index in [0.29, 0.717) is 0 Å². The highest BCUT2D eigenvalue weighted by atomic mass is 32.3. The minimum absolute atomic E-state index is 0.845. The molecule has 0 saturated carbocycles. The number of nitrogens with zero attached hydrogens (tertiary/aromatic N) is 2. The van der Waals surface area contributed by atoms with E-state index >= 15 is 0 Å². The Bertz CT molecular complexity index is 611. The van der Waals surface area contributed by atoms with Gasteiger partial charge in [0, 0.05) is 17.8 Å². The first-order valence-electron chi connectivity index (χ1n) is 5.87. The SMILES string of the molecule is CC(C)=NNC1=NCCc2ccccc21.O=S(=O)(O)O. The van der Waals surface area contributed by atoms with Crippen molar-refractivity contribution in [2.24, 2.45) is 10.1 Å². The maximum atomic E-state index is 8.74. The summed E-state index contributed by atoms with van der Waals surface area (Å²) in [6, 6.07) is 8.33. The van der Waals surface area contributed by atoms with Crippen molar-refractivity contribution in [1.29, 1.82) is 0 Å². The predicted molar refractivity (Wildman–Crippen MR) is 77.6 cm³/mol. The quantitative estimate of drug-likeness (QED) is 0.411. The Morgan fingerprint density at radius 3 is 2.50 bits per heavy atom. The summed E-state index contributed by atoms with van der Waals surface area (Å²) in [5.41, 5.74) is 6.54. The smallest absolute Gasteiger partial charge is 0.266 e. The topological polar surface area (TPSA) is 111 Å². The Morgan fingerprint density at radius 2 is 1.90 bits per heavy atom. The van der Waals surface area contributed by atoms with E-state index in [4.69, 9.17) is 17.5 Å². The Balaban J connectivity index is 0.000000347. The average molecular weight is 299 g/mol. The lowest BCUT2D eigenvalue weighted by molar-refractivity contribution is 0.381. The summed E-state index contributed by atoms with van der Waals surface area (Å²) < 4.78 is 31.6. The van der Waals surface area contributed by atoms with Crippen LogP contribution >= 0.6 is 0 Å². The molecule has 110 valence electrons. The van der Waals surface area contributed by atoms with Crippen molar-refractivity contribution < 1.29 is 17.5 Å². The number of aliphatic imine (C=N–C) groups is 1. The fourth-order valence-electron chi connectivity index (χ4n) is 1.60. The fourth-order valence-corrected chi connectivity index (χ4v) is 1.60. The van der Waals surface area contributed by atoms with E-state index in [1.54, 1.807) is 0 Å². The molecule has 0 bridgehead atoms. The van der Waals surface area contributed by atoms with Gasteiger partial charge in [0.1, 0.15) is 5.84 Å². The van der Waals surface area contributed by atoms with Gasteiger partial charge in [0.05, 0.1) is 0 Å². The van der Waals surface area contributed by atoms with Gasteiger partial charge in [-0.2, -0.15) is 13.5 Å². The van der Waals surface area contributed by atoms with Crippen LogP contribution in [0.5, 0.6) is 0 Å². The third kappa shape index (κ3) is 6.41. The van der Waals surface area contributed by atoms with Crippen molar-refractivity contribution >= 4 is 21.9 Å². The molecule has 1 aliphatic heterocycles. The summed E-state index contributed by atoms with van der Waals surface area (Å²) in [6.45, 7) is 4.77. The zero-order chi connectivity index (χ0) is 15.2. The van der Waals surface area contributed by atoms with Crippen LogP contribution in [-0.2, 0) is 16.8 Å². The number of hydrogen-bond acceptors (Lipinski definition) is 5. The Labute approximate surface area is 118 Å². The summed E-state index contributed by atoms with van der Waals surface area (Å²) in [5, 5.41) is 4.18. The number of rotatable bonds is 1. The van der Waals surface area contributed by atoms with Gasteiger partial charge in [0.2, 0.25) is 0 Å². The summed E-state index contributed by atoms with van der Waals surface area (Å²) in [4.78, 5) is 4.44. The van der Waals surface area contributed by atoms with Crippen LogP contribution < -0.4 is 5.43 Å². The minimum Gasteiger partial charge on any atom is -0.266 e. The molecule has 1 heterocycles. The minimum atomic E-state index is -4.67. The molecule has 0 amide bonds. The van der Waals surface area contributed by atoms with Crippen molar-refractivity contribution in [1.82, 2.24) is 5.43 Å². The summed E-state index contributed by atoms with van der Waals surface area (Å²) in [6.07, 6.45) is 1.02. The Kier molecular flexibility index (Phi) is 5.81. The van der Waals surface area contributed by atoms with Crippen molar-refractivity contribution in [3.05, 3.63) is 35.4 Å². The fraction of sp³-hybridized carbons (Fsp3) is 0.333. The second-order valence-corrected chi connectivity index (χ2v) is 5.15. The highest BCUT2D eigenvalue weighted by molar-refractivity contribution is 7.79. The van der Waals surface area contributed by atoms with Crippen LogP contribution in [0.25, 0.3) is 0 Å². The molecule has 0 radical (unpaired) electrons. The van der Waals surface area contributed by atoms with Crippen molar-refractivity contribution in [3.63, 3.8) is 0 Å². The van der Waals surface area contributed by atoms with Gasteiger partial charge in [-0.05, 0) is 25.8 Å². The van der Waals surface area contributed by atoms with Crippen molar-refractivity contribution in [3.8, 4) is 0 Å². The molecule has 3 N–H and O–H groups in total. The molecule has 8 heteroatoms. The second kappa shape index (κ2) is 7.13. The molecular weight excluding hydrogens is 282 g/mol. The molecule has 1 aromatic carbocycles. The van der Waals surface area contributed by atoms with Crippen LogP contribution in [0.3, 0.4) is 0 Å². The van der Waals surface area contributed by atoms with Crippen LogP contribution in [0.15, 0.2) is 34.4 Å². The van der Waals surface area contributed by atoms with Gasteiger partial charge in [0.25, 0.3) is 0 Å². The Morgan fingerprint density at radius 1 is 1.30 bits per heavy atom. The van der Waals surface area contributed by atoms with Crippen LogP contribution in [-0.4, -0.2) is 35.6 Å². The van der Waals surface area contributed by atoms with Gasteiger partial charge < -0.3 is 0 Å². The second-order valence-electron chi connectivity index (χ2n) is 4.26. The third-order valence-electron chi connectivity index (χ3n) is 2.31. The molecular formula is C12H17N3O4S. The Hall–Kier alpha value is -1.77. The molecule has 0 spiro atoms. The van der Waals surface area contributed by atoms with E-state index in [1.807, 2.05) is 19.9 Å². The molecule has 0 saturated heterocycles. The van der Waals surface area contributed by atoms with Crippen LogP contribution in [0.2, 0.25) is 0 Å². The first-order valence-corrected chi connectivity index (χ1v) is 7.26. The zero-order valence-electron chi connectivity index (χ0n) is 11.2.